The molecule has 2 rings (SSSR count). The molecule has 0 saturated heterocycles. The molecule has 0 heterocycles. The van der Waals surface area contributed by atoms with Gasteiger partial charge in [0, 0.05) is 24.3 Å². The Labute approximate surface area is 130 Å². The molecule has 6 nitrogen and oxygen atoms in total. The Bertz CT molecular complexity index is 727. The van der Waals surface area contributed by atoms with Gasteiger partial charge in [-0.2, -0.15) is 13.2 Å². The fourth-order valence-corrected chi connectivity index (χ4v) is 3.90. The van der Waals surface area contributed by atoms with Crippen LogP contribution in [0.1, 0.15) is 18.4 Å². The molecule has 1 aliphatic rings. The predicted octanol–water partition coefficient (Wildman–Crippen LogP) is 2.85. The minimum absolute atomic E-state index is 0.0530. The predicted molar refractivity (Wildman–Crippen MR) is 78.0 cm³/mol. The van der Waals surface area contributed by atoms with E-state index in [1.165, 1.54) is 0 Å². The van der Waals surface area contributed by atoms with Crippen LogP contribution in [0.4, 0.5) is 24.5 Å². The van der Waals surface area contributed by atoms with Crippen LogP contribution in [0.25, 0.3) is 0 Å². The van der Waals surface area contributed by atoms with E-state index in [1.807, 2.05) is 0 Å². The molecule has 0 amide bonds. The molecule has 23 heavy (non-hydrogen) atoms. The average molecular weight is 352 g/mol. The van der Waals surface area contributed by atoms with Crippen LogP contribution in [0, 0.1) is 15.5 Å². The van der Waals surface area contributed by atoms with Crippen molar-refractivity contribution in [1.82, 2.24) is 0 Å². The van der Waals surface area contributed by atoms with E-state index in [0.717, 1.165) is 18.4 Å². The number of hydrogen-bond donors (Lipinski definition) is 1. The van der Waals surface area contributed by atoms with E-state index in [4.69, 9.17) is 0 Å². The van der Waals surface area contributed by atoms with Gasteiger partial charge in [0.25, 0.3) is 5.69 Å². The second-order valence-electron chi connectivity index (χ2n) is 5.91. The van der Waals surface area contributed by atoms with Crippen molar-refractivity contribution in [1.29, 1.82) is 0 Å². The Morgan fingerprint density at radius 2 is 1.96 bits per heavy atom. The van der Waals surface area contributed by atoms with Crippen LogP contribution in [0.5, 0.6) is 0 Å². The van der Waals surface area contributed by atoms with Gasteiger partial charge < -0.3 is 5.32 Å². The summed E-state index contributed by atoms with van der Waals surface area (Å²) in [6.45, 7) is 0.159. The molecule has 0 aliphatic heterocycles. The van der Waals surface area contributed by atoms with Gasteiger partial charge in [-0.05, 0) is 25.0 Å². The van der Waals surface area contributed by atoms with Crippen molar-refractivity contribution < 1.29 is 26.5 Å². The number of benzene rings is 1. The van der Waals surface area contributed by atoms with Crippen LogP contribution >= 0.6 is 0 Å². The van der Waals surface area contributed by atoms with Crippen LogP contribution in [0.15, 0.2) is 18.2 Å². The van der Waals surface area contributed by atoms with E-state index in [0.29, 0.717) is 18.9 Å². The van der Waals surface area contributed by atoms with Crippen molar-refractivity contribution in [3.8, 4) is 0 Å². The maximum atomic E-state index is 12.6. The van der Waals surface area contributed by atoms with Crippen molar-refractivity contribution in [2.75, 3.05) is 23.9 Å². The molecule has 1 aliphatic carbocycles. The number of nitrogens with zero attached hydrogens (tertiary/aromatic N) is 1. The molecule has 1 saturated carbocycles. The molecular formula is C13H15F3N2O4S. The Kier molecular flexibility index (Phi) is 4.31. The standard InChI is InChI=1S/C13H15F3N2O4S/c1-23(21,22)8-12(4-5-12)7-17-10-3-2-9(13(14,15)16)6-11(10)18(19)20/h2-3,6,17H,4-5,7-8H2,1H3. The number of halogens is 3. The first kappa shape index (κ1) is 17.5. The lowest BCUT2D eigenvalue weighted by Crippen LogP contribution is -2.24. The lowest BCUT2D eigenvalue weighted by atomic mass is 10.1. The Hall–Kier alpha value is -1.84. The molecule has 1 N–H and O–H groups in total. The number of nitro groups is 1. The maximum absolute atomic E-state index is 12.6. The highest BCUT2D eigenvalue weighted by atomic mass is 32.2. The molecule has 0 atom stereocenters. The zero-order valence-electron chi connectivity index (χ0n) is 12.2. The Balaban J connectivity index is 2.19. The molecule has 1 aromatic carbocycles. The van der Waals surface area contributed by atoms with Crippen molar-refractivity contribution >= 4 is 21.2 Å². The fraction of sp³-hybridized carbons (Fsp3) is 0.538. The van der Waals surface area contributed by atoms with E-state index in [9.17, 15) is 31.7 Å². The molecular weight excluding hydrogens is 337 g/mol. The van der Waals surface area contributed by atoms with Gasteiger partial charge in [0.05, 0.1) is 16.2 Å². The van der Waals surface area contributed by atoms with Crippen LogP contribution in [0.3, 0.4) is 0 Å². The zero-order valence-corrected chi connectivity index (χ0v) is 13.0. The molecule has 0 spiro atoms. The summed E-state index contributed by atoms with van der Waals surface area (Å²) in [5.41, 5.74) is -2.34. The Morgan fingerprint density at radius 3 is 2.39 bits per heavy atom. The first-order valence-electron chi connectivity index (χ1n) is 6.69. The molecule has 128 valence electrons. The summed E-state index contributed by atoms with van der Waals surface area (Å²) >= 11 is 0. The largest absolute Gasteiger partial charge is 0.416 e. The van der Waals surface area contributed by atoms with E-state index in [-0.39, 0.29) is 18.0 Å². The van der Waals surface area contributed by atoms with Gasteiger partial charge in [0.2, 0.25) is 0 Å². The fourth-order valence-electron chi connectivity index (χ4n) is 2.40. The topological polar surface area (TPSA) is 89.3 Å². The van der Waals surface area contributed by atoms with Crippen molar-refractivity contribution in [3.63, 3.8) is 0 Å². The molecule has 0 bridgehead atoms. The lowest BCUT2D eigenvalue weighted by Gasteiger charge is -2.16. The number of nitrogens with one attached hydrogen (secondary N) is 1. The summed E-state index contributed by atoms with van der Waals surface area (Å²) in [6, 6.07) is 2.22. The maximum Gasteiger partial charge on any atom is 0.416 e. The summed E-state index contributed by atoms with van der Waals surface area (Å²) < 4.78 is 60.6. The third-order valence-electron chi connectivity index (χ3n) is 3.70. The third kappa shape index (κ3) is 4.57. The normalized spacial score (nSPS) is 16.9. The monoisotopic (exact) mass is 352 g/mol. The SMILES string of the molecule is CS(=O)(=O)CC1(CNc2ccc(C(F)(F)F)cc2[N+](=O)[O-])CC1. The molecule has 0 radical (unpaired) electrons. The van der Waals surface area contributed by atoms with Gasteiger partial charge in [-0.25, -0.2) is 8.42 Å². The molecule has 1 aromatic rings. The van der Waals surface area contributed by atoms with Crippen LogP contribution in [0.2, 0.25) is 0 Å². The number of anilines is 1. The highest BCUT2D eigenvalue weighted by Gasteiger charge is 2.45. The van der Waals surface area contributed by atoms with Crippen LogP contribution < -0.4 is 5.32 Å². The molecule has 1 fully saturated rings. The van der Waals surface area contributed by atoms with E-state index < -0.39 is 37.6 Å². The quantitative estimate of drug-likeness (QED) is 0.628. The van der Waals surface area contributed by atoms with Crippen molar-refractivity contribution in [2.45, 2.75) is 19.0 Å². The summed E-state index contributed by atoms with van der Waals surface area (Å²) in [7, 11) is -3.20. The van der Waals surface area contributed by atoms with E-state index >= 15 is 0 Å². The average Bonchev–Trinajstić information content (AvgIpc) is 3.12. The summed E-state index contributed by atoms with van der Waals surface area (Å²) in [5, 5.41) is 13.7. The number of hydrogen-bond acceptors (Lipinski definition) is 5. The van der Waals surface area contributed by atoms with Crippen molar-refractivity contribution in [3.05, 3.63) is 33.9 Å². The van der Waals surface area contributed by atoms with Gasteiger partial charge in [0.1, 0.15) is 15.5 Å². The minimum atomic E-state index is -4.67. The molecule has 0 aromatic heterocycles. The molecule has 10 heteroatoms. The Morgan fingerprint density at radius 1 is 1.35 bits per heavy atom. The van der Waals surface area contributed by atoms with E-state index in [1.54, 1.807) is 0 Å². The van der Waals surface area contributed by atoms with Crippen LogP contribution in [-0.4, -0.2) is 31.9 Å². The number of rotatable bonds is 6. The first-order chi connectivity index (χ1) is 10.4. The summed E-state index contributed by atoms with van der Waals surface area (Å²) in [6.07, 6.45) is -2.26. The third-order valence-corrected chi connectivity index (χ3v) is 4.84. The van der Waals surface area contributed by atoms with Gasteiger partial charge in [-0.15, -0.1) is 0 Å². The highest BCUT2D eigenvalue weighted by Crippen LogP contribution is 2.47. The van der Waals surface area contributed by atoms with E-state index in [2.05, 4.69) is 5.32 Å². The number of sulfone groups is 1. The van der Waals surface area contributed by atoms with Gasteiger partial charge in [0.15, 0.2) is 0 Å². The minimum Gasteiger partial charge on any atom is -0.379 e. The highest BCUT2D eigenvalue weighted by molar-refractivity contribution is 7.90. The second-order valence-corrected chi connectivity index (χ2v) is 8.05. The molecule has 0 unspecified atom stereocenters. The summed E-state index contributed by atoms with van der Waals surface area (Å²) in [5.74, 6) is -0.0541. The van der Waals surface area contributed by atoms with Gasteiger partial charge in [-0.1, -0.05) is 0 Å². The van der Waals surface area contributed by atoms with Gasteiger partial charge in [-0.3, -0.25) is 10.1 Å². The van der Waals surface area contributed by atoms with Gasteiger partial charge >= 0.3 is 6.18 Å². The summed E-state index contributed by atoms with van der Waals surface area (Å²) in [4.78, 5) is 10.1. The van der Waals surface area contributed by atoms with Crippen molar-refractivity contribution in [2.24, 2.45) is 5.41 Å². The van der Waals surface area contributed by atoms with Crippen LogP contribution in [-0.2, 0) is 16.0 Å². The lowest BCUT2D eigenvalue weighted by molar-refractivity contribution is -0.384. The zero-order chi connectivity index (χ0) is 17.5. The first-order valence-corrected chi connectivity index (χ1v) is 8.75. The second kappa shape index (κ2) is 5.66. The number of nitro benzene ring substituents is 1. The number of alkyl halides is 3. The smallest absolute Gasteiger partial charge is 0.379 e.